The minimum atomic E-state index is -0.385. The number of hydrazone groups is 1. The lowest BCUT2D eigenvalue weighted by Gasteiger charge is -2.57. The zero-order valence-corrected chi connectivity index (χ0v) is 26.0. The fraction of sp³-hybridized carbons (Fsp3) is 0.342. The summed E-state index contributed by atoms with van der Waals surface area (Å²) in [5.41, 5.74) is 5.71. The van der Waals surface area contributed by atoms with Crippen molar-refractivity contribution in [1.82, 2.24) is 5.43 Å². The summed E-state index contributed by atoms with van der Waals surface area (Å²) in [6.07, 6.45) is 9.74. The molecule has 8 rings (SSSR count). The second-order valence-corrected chi connectivity index (χ2v) is 13.1. The minimum Gasteiger partial charge on any atom is -0.493 e. The van der Waals surface area contributed by atoms with E-state index in [4.69, 9.17) is 14.2 Å². The van der Waals surface area contributed by atoms with Crippen molar-refractivity contribution < 1.29 is 23.8 Å². The highest BCUT2D eigenvalue weighted by molar-refractivity contribution is 5.92. The normalized spacial score (nSPS) is 22.9. The Kier molecular flexibility index (Phi) is 8.35. The number of carbonyl (C=O) groups excluding carboxylic acids is 2. The van der Waals surface area contributed by atoms with Crippen LogP contribution in [0.4, 0.5) is 5.69 Å². The molecule has 0 spiro atoms. The number of nitrogens with zero attached hydrogens (tertiary/aromatic N) is 1. The van der Waals surface area contributed by atoms with Crippen LogP contribution >= 0.6 is 0 Å². The molecule has 0 aliphatic heterocycles. The topological polar surface area (TPSA) is 98.2 Å². The summed E-state index contributed by atoms with van der Waals surface area (Å²) in [6, 6.07) is 27.2. The number of hydrogen-bond donors (Lipinski definition) is 2. The Balaban J connectivity index is 0.887. The van der Waals surface area contributed by atoms with Gasteiger partial charge in [-0.25, -0.2) is 5.43 Å². The average molecular weight is 618 g/mol. The quantitative estimate of drug-likeness (QED) is 0.142. The predicted octanol–water partition coefficient (Wildman–Crippen LogP) is 6.86. The molecule has 0 unspecified atom stereocenters. The third-order valence-corrected chi connectivity index (χ3v) is 9.88. The van der Waals surface area contributed by atoms with Gasteiger partial charge in [0.2, 0.25) is 0 Å². The lowest BCUT2D eigenvalue weighted by molar-refractivity contribution is -0.123. The van der Waals surface area contributed by atoms with Crippen molar-refractivity contribution in [2.75, 3.05) is 25.6 Å². The van der Waals surface area contributed by atoms with Crippen molar-refractivity contribution in [2.24, 2.45) is 22.9 Å². The van der Waals surface area contributed by atoms with Gasteiger partial charge in [-0.3, -0.25) is 9.59 Å². The molecule has 0 saturated heterocycles. The molecule has 4 bridgehead atoms. The van der Waals surface area contributed by atoms with Crippen LogP contribution in [0.5, 0.6) is 17.2 Å². The van der Waals surface area contributed by atoms with Gasteiger partial charge in [0.15, 0.2) is 24.7 Å². The van der Waals surface area contributed by atoms with Gasteiger partial charge in [0.1, 0.15) is 5.75 Å². The van der Waals surface area contributed by atoms with E-state index < -0.39 is 0 Å². The number of benzene rings is 4. The van der Waals surface area contributed by atoms with Gasteiger partial charge in [0, 0.05) is 11.1 Å². The van der Waals surface area contributed by atoms with E-state index in [-0.39, 0.29) is 25.0 Å². The van der Waals surface area contributed by atoms with Crippen molar-refractivity contribution in [1.29, 1.82) is 0 Å². The summed E-state index contributed by atoms with van der Waals surface area (Å²) in [7, 11) is 1.53. The van der Waals surface area contributed by atoms with Crippen LogP contribution in [0.25, 0.3) is 10.8 Å². The van der Waals surface area contributed by atoms with Crippen LogP contribution in [0.2, 0.25) is 0 Å². The van der Waals surface area contributed by atoms with E-state index in [1.54, 1.807) is 18.2 Å². The first-order valence-corrected chi connectivity index (χ1v) is 16.1. The number of nitrogens with one attached hydrogen (secondary N) is 2. The smallest absolute Gasteiger partial charge is 0.277 e. The fourth-order valence-corrected chi connectivity index (χ4v) is 8.27. The molecule has 4 aliphatic rings. The van der Waals surface area contributed by atoms with Crippen molar-refractivity contribution >= 4 is 34.5 Å². The molecule has 0 aromatic heterocycles. The number of fused-ring (bicyclic) bond motifs is 1. The average Bonchev–Trinajstić information content (AvgIpc) is 3.06. The number of ether oxygens (including phenoxy) is 3. The second kappa shape index (κ2) is 12.9. The molecule has 2 amide bonds. The molecule has 0 radical (unpaired) electrons. The van der Waals surface area contributed by atoms with E-state index in [2.05, 4.69) is 28.0 Å². The molecular formula is C38H39N3O5. The summed E-state index contributed by atoms with van der Waals surface area (Å²) in [5, 5.41) is 8.97. The molecule has 236 valence electrons. The van der Waals surface area contributed by atoms with Crippen molar-refractivity contribution in [3.05, 3.63) is 96.1 Å². The molecule has 4 saturated carbocycles. The highest BCUT2D eigenvalue weighted by Gasteiger charge is 2.51. The monoisotopic (exact) mass is 617 g/mol. The van der Waals surface area contributed by atoms with Gasteiger partial charge in [-0.2, -0.15) is 5.10 Å². The maximum atomic E-state index is 12.7. The first kappa shape index (κ1) is 29.8. The van der Waals surface area contributed by atoms with E-state index in [1.807, 2.05) is 54.6 Å². The van der Waals surface area contributed by atoms with Crippen LogP contribution in [0.1, 0.15) is 49.7 Å². The Bertz CT molecular complexity index is 1730. The van der Waals surface area contributed by atoms with E-state index in [0.717, 1.165) is 34.2 Å². The first-order chi connectivity index (χ1) is 22.5. The largest absolute Gasteiger partial charge is 0.493 e. The van der Waals surface area contributed by atoms with Crippen LogP contribution in [0.15, 0.2) is 90.0 Å². The van der Waals surface area contributed by atoms with Gasteiger partial charge in [-0.15, -0.1) is 0 Å². The third-order valence-electron chi connectivity index (χ3n) is 9.88. The Labute approximate surface area is 269 Å². The van der Waals surface area contributed by atoms with E-state index >= 15 is 0 Å². The molecule has 4 aromatic rings. The summed E-state index contributed by atoms with van der Waals surface area (Å²) in [6.45, 7) is -0.330. The maximum Gasteiger partial charge on any atom is 0.277 e. The Hall–Kier alpha value is -4.85. The van der Waals surface area contributed by atoms with Crippen molar-refractivity contribution in [3.63, 3.8) is 0 Å². The van der Waals surface area contributed by atoms with Gasteiger partial charge in [0.25, 0.3) is 11.8 Å². The molecule has 0 heterocycles. The van der Waals surface area contributed by atoms with Gasteiger partial charge < -0.3 is 19.5 Å². The van der Waals surface area contributed by atoms with Crippen molar-refractivity contribution in [2.45, 2.75) is 43.9 Å². The Morgan fingerprint density at radius 2 is 1.46 bits per heavy atom. The number of carbonyl (C=O) groups is 2. The predicted molar refractivity (Wildman–Crippen MR) is 179 cm³/mol. The van der Waals surface area contributed by atoms with Crippen LogP contribution in [-0.2, 0) is 15.0 Å². The lowest BCUT2D eigenvalue weighted by Crippen LogP contribution is -2.48. The zero-order valence-electron chi connectivity index (χ0n) is 26.0. The number of methoxy groups -OCH3 is 1. The van der Waals surface area contributed by atoms with E-state index in [0.29, 0.717) is 28.2 Å². The van der Waals surface area contributed by atoms with E-state index in [9.17, 15) is 9.59 Å². The van der Waals surface area contributed by atoms with Gasteiger partial charge in [0.05, 0.1) is 13.3 Å². The molecule has 8 heteroatoms. The number of amides is 2. The summed E-state index contributed by atoms with van der Waals surface area (Å²) >= 11 is 0. The fourth-order valence-electron chi connectivity index (χ4n) is 8.27. The highest BCUT2D eigenvalue weighted by atomic mass is 16.5. The maximum absolute atomic E-state index is 12.7. The molecule has 4 aliphatic carbocycles. The third kappa shape index (κ3) is 6.43. The molecular weight excluding hydrogens is 578 g/mol. The summed E-state index contributed by atoms with van der Waals surface area (Å²) in [5.74, 6) is 3.57. The van der Waals surface area contributed by atoms with Crippen LogP contribution < -0.4 is 25.0 Å². The first-order valence-electron chi connectivity index (χ1n) is 16.1. The molecule has 8 nitrogen and oxygen atoms in total. The zero-order chi connectivity index (χ0) is 31.5. The summed E-state index contributed by atoms with van der Waals surface area (Å²) < 4.78 is 17.0. The number of anilines is 1. The minimum absolute atomic E-state index is 0.159. The van der Waals surface area contributed by atoms with Gasteiger partial charge >= 0.3 is 0 Å². The van der Waals surface area contributed by atoms with E-state index in [1.165, 1.54) is 57.4 Å². The Morgan fingerprint density at radius 3 is 2.20 bits per heavy atom. The number of rotatable bonds is 11. The van der Waals surface area contributed by atoms with Gasteiger partial charge in [-0.05, 0) is 115 Å². The van der Waals surface area contributed by atoms with Crippen LogP contribution in [-0.4, -0.2) is 38.4 Å². The van der Waals surface area contributed by atoms with Crippen LogP contribution in [0.3, 0.4) is 0 Å². The number of hydrogen-bond acceptors (Lipinski definition) is 6. The van der Waals surface area contributed by atoms with Crippen LogP contribution in [0, 0.1) is 17.8 Å². The van der Waals surface area contributed by atoms with Gasteiger partial charge in [-0.1, -0.05) is 48.5 Å². The molecule has 0 atom stereocenters. The molecule has 46 heavy (non-hydrogen) atoms. The second-order valence-electron chi connectivity index (χ2n) is 13.1. The molecule has 4 fully saturated rings. The molecule has 4 aromatic carbocycles. The lowest BCUT2D eigenvalue weighted by atomic mass is 9.48. The Morgan fingerprint density at radius 1 is 0.783 bits per heavy atom. The van der Waals surface area contributed by atoms with Crippen molar-refractivity contribution in [3.8, 4) is 17.2 Å². The standard InChI is InChI=1S/C38H39N3O5/c1-44-35-18-25(22-39-41-37(43)24-45-33-8-4-6-29-5-2-3-7-32(29)33)9-14-34(35)46-23-36(42)40-31-12-10-30(11-13-31)38-19-26-15-27(20-38)17-28(16-26)21-38/h2-14,18,22,26-28H,15-17,19-21,23-24H2,1H3,(H,40,42)(H,41,43)/b39-22+. The highest BCUT2D eigenvalue weighted by Crippen LogP contribution is 2.60. The SMILES string of the molecule is COc1cc(/C=N/NC(=O)COc2cccc3ccccc23)ccc1OCC(=O)Nc1ccc(C23CC4CC(CC(C4)C2)C3)cc1. The molecule has 2 N–H and O–H groups in total. The summed E-state index contributed by atoms with van der Waals surface area (Å²) in [4.78, 5) is 25.0.